The van der Waals surface area contributed by atoms with E-state index in [1.165, 1.54) is 32.4 Å². The average Bonchev–Trinajstić information content (AvgIpc) is 3.16. The summed E-state index contributed by atoms with van der Waals surface area (Å²) < 4.78 is 47.0. The molecule has 1 aromatic carbocycles. The summed E-state index contributed by atoms with van der Waals surface area (Å²) in [4.78, 5) is 30.6. The Morgan fingerprint density at radius 1 is 1.27 bits per heavy atom. The Kier molecular flexibility index (Phi) is 7.00. The van der Waals surface area contributed by atoms with Gasteiger partial charge in [-0.1, -0.05) is 23.7 Å². The summed E-state index contributed by atoms with van der Waals surface area (Å²) in [5.41, 5.74) is 1.81. The SMILES string of the molecule is CON(C)C(=O)c1cc(Cl)c2nccn2c1-c1cccc(F)c1.O=C(O)C(F)(F)F. The van der Waals surface area contributed by atoms with Crippen molar-refractivity contribution in [2.24, 2.45) is 0 Å². The van der Waals surface area contributed by atoms with Crippen LogP contribution in [0.4, 0.5) is 17.6 Å². The van der Waals surface area contributed by atoms with Crippen LogP contribution in [0.5, 0.6) is 0 Å². The molecular formula is C18H14ClF4N3O4. The Hall–Kier alpha value is -3.18. The van der Waals surface area contributed by atoms with Crippen LogP contribution in [0.25, 0.3) is 16.9 Å². The number of carboxylic acid groups (broad SMARTS) is 1. The van der Waals surface area contributed by atoms with Crippen LogP contribution < -0.4 is 0 Å². The molecule has 160 valence electrons. The van der Waals surface area contributed by atoms with E-state index < -0.39 is 23.9 Å². The molecule has 0 aliphatic rings. The summed E-state index contributed by atoms with van der Waals surface area (Å²) >= 11 is 6.22. The Morgan fingerprint density at radius 2 is 1.90 bits per heavy atom. The molecule has 0 saturated carbocycles. The van der Waals surface area contributed by atoms with E-state index in [0.29, 0.717) is 21.9 Å². The molecule has 2 aromatic heterocycles. The molecule has 0 unspecified atom stereocenters. The Morgan fingerprint density at radius 3 is 2.43 bits per heavy atom. The molecule has 0 aliphatic heterocycles. The third kappa shape index (κ3) is 5.05. The quantitative estimate of drug-likeness (QED) is 0.483. The predicted octanol–water partition coefficient (Wildman–Crippen LogP) is 4.06. The molecule has 0 radical (unpaired) electrons. The first kappa shape index (κ1) is 23.1. The second-order valence-corrected chi connectivity index (χ2v) is 6.08. The van der Waals surface area contributed by atoms with E-state index in [2.05, 4.69) is 4.98 Å². The number of carbonyl (C=O) groups is 2. The molecular weight excluding hydrogens is 434 g/mol. The fourth-order valence-corrected chi connectivity index (χ4v) is 2.64. The van der Waals surface area contributed by atoms with Gasteiger partial charge in [-0.05, 0) is 18.2 Å². The van der Waals surface area contributed by atoms with Crippen molar-refractivity contribution in [1.82, 2.24) is 14.4 Å². The minimum Gasteiger partial charge on any atom is -0.475 e. The topological polar surface area (TPSA) is 84.1 Å². The molecule has 0 atom stereocenters. The number of rotatable bonds is 3. The van der Waals surface area contributed by atoms with Gasteiger partial charge in [0.1, 0.15) is 5.82 Å². The smallest absolute Gasteiger partial charge is 0.475 e. The van der Waals surface area contributed by atoms with Crippen molar-refractivity contribution in [3.63, 3.8) is 0 Å². The van der Waals surface area contributed by atoms with E-state index in [1.54, 1.807) is 28.9 Å². The van der Waals surface area contributed by atoms with Crippen LogP contribution in [-0.2, 0) is 9.63 Å². The van der Waals surface area contributed by atoms with Gasteiger partial charge in [-0.25, -0.2) is 19.2 Å². The lowest BCUT2D eigenvalue weighted by Gasteiger charge is -2.18. The van der Waals surface area contributed by atoms with Gasteiger partial charge in [0, 0.05) is 25.0 Å². The summed E-state index contributed by atoms with van der Waals surface area (Å²) in [6.07, 6.45) is -1.84. The number of alkyl halides is 3. The zero-order valence-corrected chi connectivity index (χ0v) is 16.2. The summed E-state index contributed by atoms with van der Waals surface area (Å²) in [5.74, 6) is -3.55. The number of fused-ring (bicyclic) bond motifs is 1. The average molecular weight is 448 g/mol. The summed E-state index contributed by atoms with van der Waals surface area (Å²) in [6, 6.07) is 7.51. The molecule has 12 heteroatoms. The second-order valence-electron chi connectivity index (χ2n) is 5.67. The largest absolute Gasteiger partial charge is 0.490 e. The third-order valence-corrected chi connectivity index (χ3v) is 4.03. The van der Waals surface area contributed by atoms with E-state index in [0.717, 1.165) is 5.06 Å². The molecule has 1 N–H and O–H groups in total. The number of halogens is 5. The molecule has 7 nitrogen and oxygen atoms in total. The van der Waals surface area contributed by atoms with Gasteiger partial charge in [-0.15, -0.1) is 0 Å². The molecule has 0 spiro atoms. The van der Waals surface area contributed by atoms with Gasteiger partial charge in [0.05, 0.1) is 23.4 Å². The summed E-state index contributed by atoms with van der Waals surface area (Å²) in [5, 5.41) is 8.53. The number of carbonyl (C=O) groups excluding carboxylic acids is 1. The van der Waals surface area contributed by atoms with E-state index in [4.69, 9.17) is 26.3 Å². The zero-order valence-electron chi connectivity index (χ0n) is 15.4. The number of pyridine rings is 1. The highest BCUT2D eigenvalue weighted by molar-refractivity contribution is 6.34. The first-order valence-electron chi connectivity index (χ1n) is 8.01. The van der Waals surface area contributed by atoms with E-state index in [-0.39, 0.29) is 5.56 Å². The summed E-state index contributed by atoms with van der Waals surface area (Å²) in [7, 11) is 2.88. The number of imidazole rings is 1. The number of aromatic nitrogens is 2. The van der Waals surface area contributed by atoms with E-state index in [1.807, 2.05) is 0 Å². The number of hydroxylamine groups is 2. The second kappa shape index (κ2) is 9.09. The van der Waals surface area contributed by atoms with Gasteiger partial charge in [0.15, 0.2) is 5.65 Å². The van der Waals surface area contributed by atoms with Gasteiger partial charge in [-0.2, -0.15) is 13.2 Å². The normalized spacial score (nSPS) is 11.0. The number of carboxylic acids is 1. The molecule has 0 bridgehead atoms. The third-order valence-electron chi connectivity index (χ3n) is 3.75. The van der Waals surface area contributed by atoms with Crippen molar-refractivity contribution in [1.29, 1.82) is 0 Å². The number of nitrogens with zero attached hydrogens (tertiary/aromatic N) is 3. The fourth-order valence-electron chi connectivity index (χ4n) is 2.40. The molecule has 1 amide bonds. The highest BCUT2D eigenvalue weighted by Gasteiger charge is 2.38. The monoisotopic (exact) mass is 447 g/mol. The highest BCUT2D eigenvalue weighted by atomic mass is 35.5. The maximum Gasteiger partial charge on any atom is 0.490 e. The zero-order chi connectivity index (χ0) is 22.6. The van der Waals surface area contributed by atoms with Crippen LogP contribution in [0, 0.1) is 5.82 Å². The van der Waals surface area contributed by atoms with Crippen molar-refractivity contribution in [3.8, 4) is 11.3 Å². The van der Waals surface area contributed by atoms with Crippen LogP contribution in [-0.4, -0.2) is 51.8 Å². The fraction of sp³-hybridized carbons (Fsp3) is 0.167. The van der Waals surface area contributed by atoms with Crippen LogP contribution >= 0.6 is 11.6 Å². The molecule has 3 aromatic rings. The predicted molar refractivity (Wildman–Crippen MR) is 98.4 cm³/mol. The Balaban J connectivity index is 0.000000396. The van der Waals surface area contributed by atoms with E-state index >= 15 is 0 Å². The van der Waals surface area contributed by atoms with Crippen molar-refractivity contribution in [2.45, 2.75) is 6.18 Å². The number of amides is 1. The highest BCUT2D eigenvalue weighted by Crippen LogP contribution is 2.30. The van der Waals surface area contributed by atoms with Gasteiger partial charge in [-0.3, -0.25) is 14.0 Å². The number of hydrogen-bond donors (Lipinski definition) is 1. The maximum atomic E-state index is 13.6. The lowest BCUT2D eigenvalue weighted by Crippen LogP contribution is -2.26. The lowest BCUT2D eigenvalue weighted by molar-refractivity contribution is -0.192. The van der Waals surface area contributed by atoms with E-state index in [9.17, 15) is 22.4 Å². The van der Waals surface area contributed by atoms with Gasteiger partial charge < -0.3 is 5.11 Å². The number of aliphatic carboxylic acids is 1. The van der Waals surface area contributed by atoms with Crippen LogP contribution in [0.1, 0.15) is 10.4 Å². The molecule has 2 heterocycles. The molecule has 0 fully saturated rings. The van der Waals surface area contributed by atoms with Crippen molar-refractivity contribution >= 4 is 29.1 Å². The van der Waals surface area contributed by atoms with Gasteiger partial charge in [0.2, 0.25) is 0 Å². The number of hydrogen-bond acceptors (Lipinski definition) is 4. The maximum absolute atomic E-state index is 13.6. The van der Waals surface area contributed by atoms with Gasteiger partial charge >= 0.3 is 12.1 Å². The Bertz CT molecular complexity index is 1080. The van der Waals surface area contributed by atoms with Crippen molar-refractivity contribution in [2.75, 3.05) is 14.2 Å². The number of benzene rings is 1. The van der Waals surface area contributed by atoms with Crippen molar-refractivity contribution < 1.29 is 37.1 Å². The minimum absolute atomic E-state index is 0.287. The van der Waals surface area contributed by atoms with Crippen LogP contribution in [0.2, 0.25) is 5.02 Å². The van der Waals surface area contributed by atoms with Crippen LogP contribution in [0.15, 0.2) is 42.7 Å². The first-order valence-corrected chi connectivity index (χ1v) is 8.39. The molecule has 0 saturated heterocycles. The van der Waals surface area contributed by atoms with Crippen LogP contribution in [0.3, 0.4) is 0 Å². The van der Waals surface area contributed by atoms with Gasteiger partial charge in [0.25, 0.3) is 5.91 Å². The minimum atomic E-state index is -5.08. The molecule has 0 aliphatic carbocycles. The standard InChI is InChI=1S/C16H13ClFN3O2.C2HF3O2/c1-20(23-2)16(22)12-9-13(17)15-19-6-7-21(15)14(12)10-4-3-5-11(18)8-10;3-2(4,5)1(6)7/h3-9H,1-2H3;(H,6,7). The van der Waals surface area contributed by atoms with Crippen molar-refractivity contribution in [3.05, 3.63) is 59.1 Å². The molecule has 30 heavy (non-hydrogen) atoms. The first-order chi connectivity index (χ1) is 14.0. The lowest BCUT2D eigenvalue weighted by atomic mass is 10.0. The summed E-state index contributed by atoms with van der Waals surface area (Å²) in [6.45, 7) is 0. The Labute approximate surface area is 172 Å². The molecule has 3 rings (SSSR count).